The quantitative estimate of drug-likeness (QED) is 0.723. The molecule has 0 saturated heterocycles. The highest BCUT2D eigenvalue weighted by Crippen LogP contribution is 2.20. The van der Waals surface area contributed by atoms with Gasteiger partial charge >= 0.3 is 0 Å². The molecule has 0 radical (unpaired) electrons. The summed E-state index contributed by atoms with van der Waals surface area (Å²) in [5.41, 5.74) is 1.99. The summed E-state index contributed by atoms with van der Waals surface area (Å²) in [6.45, 7) is 1.89. The molecule has 0 aromatic heterocycles. The van der Waals surface area contributed by atoms with Crippen molar-refractivity contribution in [3.8, 4) is 12.3 Å². The van der Waals surface area contributed by atoms with Crippen LogP contribution in [0, 0.1) is 25.1 Å². The molecule has 1 aromatic rings. The average molecular weight is 191 g/mol. The zero-order chi connectivity index (χ0) is 10.6. The lowest BCUT2D eigenvalue weighted by molar-refractivity contribution is 0.597. The number of terminal acetylenes is 1. The van der Waals surface area contributed by atoms with Crippen molar-refractivity contribution >= 4 is 0 Å². The molecular weight excluding hydrogens is 177 g/mol. The van der Waals surface area contributed by atoms with Gasteiger partial charge in [-0.05, 0) is 37.2 Å². The first-order chi connectivity index (χ1) is 6.69. The second-order valence-corrected chi connectivity index (χ2v) is 3.25. The number of aryl methyl sites for hydroxylation is 1. The molecule has 1 atom stereocenters. The smallest absolute Gasteiger partial charge is 0.123 e. The first-order valence-corrected chi connectivity index (χ1v) is 4.55. The maximum absolute atomic E-state index is 12.8. The van der Waals surface area contributed by atoms with Gasteiger partial charge in [0.25, 0.3) is 0 Å². The largest absolute Gasteiger partial charge is 0.312 e. The van der Waals surface area contributed by atoms with Crippen LogP contribution in [0.4, 0.5) is 4.39 Å². The van der Waals surface area contributed by atoms with E-state index in [4.69, 9.17) is 6.42 Å². The minimum absolute atomic E-state index is 0.112. The Bertz CT molecular complexity index is 352. The van der Waals surface area contributed by atoms with Gasteiger partial charge < -0.3 is 5.32 Å². The molecule has 1 nitrogen and oxygen atoms in total. The standard InChI is InChI=1S/C12H14FN/c1-4-5-12(14-3)11-7-6-10(13)8-9(11)2/h1,6-8,12,14H,5H2,2-3H3. The molecule has 74 valence electrons. The zero-order valence-electron chi connectivity index (χ0n) is 8.47. The second kappa shape index (κ2) is 4.78. The van der Waals surface area contributed by atoms with E-state index in [1.165, 1.54) is 12.1 Å². The van der Waals surface area contributed by atoms with Gasteiger partial charge in [0, 0.05) is 12.5 Å². The third-order valence-electron chi connectivity index (χ3n) is 2.28. The second-order valence-electron chi connectivity index (χ2n) is 3.25. The van der Waals surface area contributed by atoms with Crippen LogP contribution in [-0.4, -0.2) is 7.05 Å². The van der Waals surface area contributed by atoms with Crippen LogP contribution in [-0.2, 0) is 0 Å². The third-order valence-corrected chi connectivity index (χ3v) is 2.28. The molecule has 1 rings (SSSR count). The Hall–Kier alpha value is -1.33. The van der Waals surface area contributed by atoms with Gasteiger partial charge in [-0.3, -0.25) is 0 Å². The van der Waals surface area contributed by atoms with E-state index in [1.807, 2.05) is 14.0 Å². The average Bonchev–Trinajstić information content (AvgIpc) is 2.15. The number of hydrogen-bond acceptors (Lipinski definition) is 1. The SMILES string of the molecule is C#CCC(NC)c1ccc(F)cc1C. The van der Waals surface area contributed by atoms with E-state index in [9.17, 15) is 4.39 Å². The van der Waals surface area contributed by atoms with E-state index in [0.29, 0.717) is 6.42 Å². The van der Waals surface area contributed by atoms with Gasteiger partial charge in [-0.1, -0.05) is 6.07 Å². The number of hydrogen-bond donors (Lipinski definition) is 1. The molecule has 0 aliphatic carbocycles. The monoisotopic (exact) mass is 191 g/mol. The lowest BCUT2D eigenvalue weighted by Crippen LogP contribution is -2.16. The van der Waals surface area contributed by atoms with Crippen molar-refractivity contribution in [3.05, 3.63) is 35.1 Å². The fraction of sp³-hybridized carbons (Fsp3) is 0.333. The van der Waals surface area contributed by atoms with E-state index in [0.717, 1.165) is 11.1 Å². The van der Waals surface area contributed by atoms with Crippen molar-refractivity contribution < 1.29 is 4.39 Å². The highest BCUT2D eigenvalue weighted by atomic mass is 19.1. The summed E-state index contributed by atoms with van der Waals surface area (Å²) in [7, 11) is 1.85. The van der Waals surface area contributed by atoms with Gasteiger partial charge in [0.15, 0.2) is 0 Å². The Morgan fingerprint density at radius 2 is 2.29 bits per heavy atom. The van der Waals surface area contributed by atoms with Crippen LogP contribution < -0.4 is 5.32 Å². The van der Waals surface area contributed by atoms with Crippen LogP contribution in [0.1, 0.15) is 23.6 Å². The van der Waals surface area contributed by atoms with E-state index in [2.05, 4.69) is 11.2 Å². The molecule has 0 heterocycles. The van der Waals surface area contributed by atoms with E-state index in [-0.39, 0.29) is 11.9 Å². The lowest BCUT2D eigenvalue weighted by atomic mass is 9.99. The summed E-state index contributed by atoms with van der Waals surface area (Å²) in [6.07, 6.45) is 5.87. The topological polar surface area (TPSA) is 12.0 Å². The van der Waals surface area contributed by atoms with Crippen LogP contribution in [0.25, 0.3) is 0 Å². The van der Waals surface area contributed by atoms with Crippen LogP contribution >= 0.6 is 0 Å². The predicted molar refractivity (Wildman–Crippen MR) is 56.4 cm³/mol. The number of halogens is 1. The van der Waals surface area contributed by atoms with Gasteiger partial charge in [0.2, 0.25) is 0 Å². The Morgan fingerprint density at radius 3 is 2.79 bits per heavy atom. The van der Waals surface area contributed by atoms with Gasteiger partial charge in [0.05, 0.1) is 0 Å². The Morgan fingerprint density at radius 1 is 1.57 bits per heavy atom. The molecule has 1 N–H and O–H groups in total. The van der Waals surface area contributed by atoms with Crippen molar-refractivity contribution in [2.75, 3.05) is 7.05 Å². The fourth-order valence-electron chi connectivity index (χ4n) is 1.52. The zero-order valence-corrected chi connectivity index (χ0v) is 8.47. The van der Waals surface area contributed by atoms with Gasteiger partial charge in [-0.15, -0.1) is 12.3 Å². The molecule has 0 aliphatic rings. The number of nitrogens with one attached hydrogen (secondary N) is 1. The van der Waals surface area contributed by atoms with Gasteiger partial charge in [-0.25, -0.2) is 4.39 Å². The maximum atomic E-state index is 12.8. The first kappa shape index (κ1) is 10.7. The molecule has 0 saturated carbocycles. The number of benzene rings is 1. The van der Waals surface area contributed by atoms with Gasteiger partial charge in [-0.2, -0.15) is 0 Å². The van der Waals surface area contributed by atoms with Crippen molar-refractivity contribution in [2.24, 2.45) is 0 Å². The van der Waals surface area contributed by atoms with Crippen molar-refractivity contribution in [2.45, 2.75) is 19.4 Å². The minimum Gasteiger partial charge on any atom is -0.312 e. The molecule has 0 bridgehead atoms. The number of rotatable bonds is 3. The van der Waals surface area contributed by atoms with Crippen molar-refractivity contribution in [3.63, 3.8) is 0 Å². The predicted octanol–water partition coefficient (Wildman–Crippen LogP) is 2.42. The maximum Gasteiger partial charge on any atom is 0.123 e. The molecule has 1 unspecified atom stereocenters. The summed E-state index contributed by atoms with van der Waals surface area (Å²) in [5, 5.41) is 3.11. The summed E-state index contributed by atoms with van der Waals surface area (Å²) < 4.78 is 12.8. The first-order valence-electron chi connectivity index (χ1n) is 4.55. The van der Waals surface area contributed by atoms with Gasteiger partial charge in [0.1, 0.15) is 5.82 Å². The molecule has 2 heteroatoms. The van der Waals surface area contributed by atoms with Crippen molar-refractivity contribution in [1.29, 1.82) is 0 Å². The van der Waals surface area contributed by atoms with Crippen LogP contribution in [0.2, 0.25) is 0 Å². The molecule has 0 fully saturated rings. The fourth-order valence-corrected chi connectivity index (χ4v) is 1.52. The minimum atomic E-state index is -0.207. The van der Waals surface area contributed by atoms with Crippen LogP contribution in [0.5, 0.6) is 0 Å². The highest BCUT2D eigenvalue weighted by molar-refractivity contribution is 5.30. The summed E-state index contributed by atoms with van der Waals surface area (Å²) in [4.78, 5) is 0. The Kier molecular flexibility index (Phi) is 3.67. The van der Waals surface area contributed by atoms with Crippen LogP contribution in [0.3, 0.4) is 0 Å². The molecule has 0 amide bonds. The summed E-state index contributed by atoms with van der Waals surface area (Å²) in [6, 6.07) is 4.88. The molecule has 1 aromatic carbocycles. The molecule has 0 spiro atoms. The van der Waals surface area contributed by atoms with E-state index >= 15 is 0 Å². The highest BCUT2D eigenvalue weighted by Gasteiger charge is 2.10. The van der Waals surface area contributed by atoms with Crippen molar-refractivity contribution in [1.82, 2.24) is 5.32 Å². The normalized spacial score (nSPS) is 12.1. The third kappa shape index (κ3) is 2.34. The molecule has 0 aliphatic heterocycles. The van der Waals surface area contributed by atoms with E-state index < -0.39 is 0 Å². The Labute approximate surface area is 84.3 Å². The molecular formula is C12H14FN. The summed E-state index contributed by atoms with van der Waals surface area (Å²) >= 11 is 0. The van der Waals surface area contributed by atoms with Crippen LogP contribution in [0.15, 0.2) is 18.2 Å². The molecule has 14 heavy (non-hydrogen) atoms. The Balaban J connectivity index is 2.99. The summed E-state index contributed by atoms with van der Waals surface area (Å²) in [5.74, 6) is 2.40. The van der Waals surface area contributed by atoms with E-state index in [1.54, 1.807) is 6.07 Å². The lowest BCUT2D eigenvalue weighted by Gasteiger charge is -2.16.